The smallest absolute Gasteiger partial charge is 0.411 e. The molecule has 0 aliphatic carbocycles. The average molecular weight is 431 g/mol. The van der Waals surface area contributed by atoms with E-state index in [4.69, 9.17) is 4.74 Å². The average Bonchev–Trinajstić information content (AvgIpc) is 2.64. The molecule has 0 spiro atoms. The summed E-state index contributed by atoms with van der Waals surface area (Å²) in [4.78, 5) is 12.5. The first-order valence-corrected chi connectivity index (χ1v) is 9.07. The molecule has 1 amide bonds. The van der Waals surface area contributed by atoms with E-state index in [1.807, 2.05) is 60.7 Å². The number of benzene rings is 2. The van der Waals surface area contributed by atoms with Gasteiger partial charge in [-0.15, -0.1) is 0 Å². The largest absolute Gasteiger partial charge is 1.00 e. The zero-order chi connectivity index (χ0) is 18.6. The number of anilines is 1. The Balaban J connectivity index is 0.00000261. The number of quaternary nitrogens is 1. The zero-order valence-electron chi connectivity index (χ0n) is 15.9. The SMILES string of the molecule is C=C[C@@H]1C[C@@H](OC(=O)Nc2ccccc2-c2ccccc2)CC[N+]1(C)C.[Br-]. The van der Waals surface area contributed by atoms with Crippen LogP contribution in [0.4, 0.5) is 10.5 Å². The normalized spacial score (nSPS) is 20.8. The number of nitrogens with one attached hydrogen (secondary N) is 1. The predicted octanol–water partition coefficient (Wildman–Crippen LogP) is 1.70. The van der Waals surface area contributed by atoms with Crippen molar-refractivity contribution >= 4 is 11.8 Å². The number of halogens is 1. The molecule has 1 aliphatic rings. The van der Waals surface area contributed by atoms with Crippen LogP contribution in [0.2, 0.25) is 0 Å². The van der Waals surface area contributed by atoms with Gasteiger partial charge in [0.1, 0.15) is 12.1 Å². The van der Waals surface area contributed by atoms with Crippen molar-refractivity contribution in [3.05, 3.63) is 67.3 Å². The molecule has 1 saturated heterocycles. The number of piperidine rings is 1. The third kappa shape index (κ3) is 5.21. The summed E-state index contributed by atoms with van der Waals surface area (Å²) in [6.07, 6.45) is 3.18. The van der Waals surface area contributed by atoms with Gasteiger partial charge in [-0.1, -0.05) is 55.1 Å². The fourth-order valence-electron chi connectivity index (χ4n) is 3.56. The number of para-hydroxylation sites is 1. The third-order valence-electron chi connectivity index (χ3n) is 5.22. The van der Waals surface area contributed by atoms with E-state index in [0.29, 0.717) is 6.04 Å². The van der Waals surface area contributed by atoms with Gasteiger partial charge in [0.25, 0.3) is 0 Å². The summed E-state index contributed by atoms with van der Waals surface area (Å²) in [5, 5.41) is 2.92. The predicted molar refractivity (Wildman–Crippen MR) is 106 cm³/mol. The molecular weight excluding hydrogens is 404 g/mol. The Bertz CT molecular complexity index is 777. The summed E-state index contributed by atoms with van der Waals surface area (Å²) >= 11 is 0. The van der Waals surface area contributed by atoms with Crippen LogP contribution >= 0.6 is 0 Å². The maximum atomic E-state index is 12.5. The molecule has 2 atom stereocenters. The molecule has 1 heterocycles. The number of hydrogen-bond donors (Lipinski definition) is 1. The number of likely N-dealkylation sites (N-methyl/N-ethyl adjacent to an activating group) is 1. The van der Waals surface area contributed by atoms with Crippen LogP contribution in [0.15, 0.2) is 67.3 Å². The summed E-state index contributed by atoms with van der Waals surface area (Å²) in [6, 6.07) is 18.1. The fourth-order valence-corrected chi connectivity index (χ4v) is 3.56. The van der Waals surface area contributed by atoms with Gasteiger partial charge in [0, 0.05) is 18.4 Å². The Hall–Kier alpha value is -2.11. The molecule has 144 valence electrons. The molecule has 2 aromatic carbocycles. The van der Waals surface area contributed by atoms with Crippen molar-refractivity contribution in [1.82, 2.24) is 0 Å². The standard InChI is InChI=1S/C22H26N2O2.BrH/c1-4-18-16-19(14-15-24(18,2)3)26-22(25)23-21-13-9-8-12-20(21)17-10-6-5-7-11-17;/h4-13,18-19H,1,14-16H2,2-3H3;1H/t18-,19+;/m1./s1. The molecule has 1 aliphatic heterocycles. The van der Waals surface area contributed by atoms with Crippen LogP contribution in [-0.4, -0.2) is 43.4 Å². The molecule has 1 fully saturated rings. The topological polar surface area (TPSA) is 38.3 Å². The molecule has 3 rings (SSSR count). The minimum Gasteiger partial charge on any atom is -1.00 e. The van der Waals surface area contributed by atoms with E-state index in [0.717, 1.165) is 40.7 Å². The van der Waals surface area contributed by atoms with Crippen LogP contribution < -0.4 is 22.3 Å². The molecule has 1 N–H and O–H groups in total. The second-order valence-corrected chi connectivity index (χ2v) is 7.39. The van der Waals surface area contributed by atoms with Crippen molar-refractivity contribution in [3.63, 3.8) is 0 Å². The molecule has 27 heavy (non-hydrogen) atoms. The third-order valence-corrected chi connectivity index (χ3v) is 5.22. The second-order valence-electron chi connectivity index (χ2n) is 7.39. The summed E-state index contributed by atoms with van der Waals surface area (Å²) < 4.78 is 6.59. The maximum absolute atomic E-state index is 12.5. The first-order chi connectivity index (χ1) is 12.5. The number of ether oxygens (including phenoxy) is 1. The van der Waals surface area contributed by atoms with Crippen LogP contribution in [0.3, 0.4) is 0 Å². The van der Waals surface area contributed by atoms with Gasteiger partial charge in [0.15, 0.2) is 0 Å². The Labute approximate surface area is 172 Å². The summed E-state index contributed by atoms with van der Waals surface area (Å²) in [5.74, 6) is 0. The molecule has 0 bridgehead atoms. The van der Waals surface area contributed by atoms with Crippen LogP contribution in [-0.2, 0) is 4.74 Å². The van der Waals surface area contributed by atoms with Gasteiger partial charge in [-0.2, -0.15) is 0 Å². The molecule has 5 heteroatoms. The highest BCUT2D eigenvalue weighted by Crippen LogP contribution is 2.29. The number of amides is 1. The van der Waals surface area contributed by atoms with E-state index in [2.05, 4.69) is 26.0 Å². The van der Waals surface area contributed by atoms with Gasteiger partial charge < -0.3 is 26.2 Å². The Morgan fingerprint density at radius 2 is 1.81 bits per heavy atom. The van der Waals surface area contributed by atoms with Crippen molar-refractivity contribution in [2.75, 3.05) is 26.0 Å². The van der Waals surface area contributed by atoms with Crippen LogP contribution in [0.5, 0.6) is 0 Å². The van der Waals surface area contributed by atoms with E-state index in [1.54, 1.807) is 0 Å². The highest BCUT2D eigenvalue weighted by Gasteiger charge is 2.36. The summed E-state index contributed by atoms with van der Waals surface area (Å²) in [7, 11) is 4.39. The Kier molecular flexibility index (Phi) is 7.22. The van der Waals surface area contributed by atoms with E-state index in [9.17, 15) is 4.79 Å². The number of carbonyl (C=O) groups is 1. The van der Waals surface area contributed by atoms with Crippen molar-refractivity contribution in [2.45, 2.75) is 25.0 Å². The monoisotopic (exact) mass is 430 g/mol. The van der Waals surface area contributed by atoms with Crippen LogP contribution in [0, 0.1) is 0 Å². The first kappa shape index (κ1) is 21.2. The zero-order valence-corrected chi connectivity index (χ0v) is 17.5. The lowest BCUT2D eigenvalue weighted by atomic mass is 9.97. The second kappa shape index (κ2) is 9.20. The lowest BCUT2D eigenvalue weighted by Gasteiger charge is -2.42. The van der Waals surface area contributed by atoms with Crippen molar-refractivity contribution < 1.29 is 31.0 Å². The van der Waals surface area contributed by atoms with Gasteiger partial charge in [-0.05, 0) is 17.7 Å². The summed E-state index contributed by atoms with van der Waals surface area (Å²) in [5.41, 5.74) is 2.80. The molecule has 2 aromatic rings. The maximum Gasteiger partial charge on any atom is 0.411 e. The summed E-state index contributed by atoms with van der Waals surface area (Å²) in [6.45, 7) is 4.90. The van der Waals surface area contributed by atoms with Gasteiger partial charge in [0.05, 0.1) is 26.3 Å². The number of rotatable bonds is 4. The van der Waals surface area contributed by atoms with Gasteiger partial charge >= 0.3 is 6.09 Å². The highest BCUT2D eigenvalue weighted by molar-refractivity contribution is 5.91. The van der Waals surface area contributed by atoms with Gasteiger partial charge in [0.2, 0.25) is 0 Å². The molecule has 4 nitrogen and oxygen atoms in total. The quantitative estimate of drug-likeness (QED) is 0.592. The minimum atomic E-state index is -0.395. The lowest BCUT2D eigenvalue weighted by molar-refractivity contribution is -0.914. The van der Waals surface area contributed by atoms with Gasteiger partial charge in [-0.3, -0.25) is 5.32 Å². The Morgan fingerprint density at radius 1 is 1.15 bits per heavy atom. The van der Waals surface area contributed by atoms with E-state index in [1.165, 1.54) is 0 Å². The number of likely N-dealkylation sites (tertiary alicyclic amines) is 1. The number of nitrogens with zero attached hydrogens (tertiary/aromatic N) is 1. The minimum absolute atomic E-state index is 0. The highest BCUT2D eigenvalue weighted by atomic mass is 79.9. The van der Waals surface area contributed by atoms with Crippen molar-refractivity contribution in [1.29, 1.82) is 0 Å². The first-order valence-electron chi connectivity index (χ1n) is 9.07. The lowest BCUT2D eigenvalue weighted by Crippen LogP contribution is -3.00. The van der Waals surface area contributed by atoms with Crippen LogP contribution in [0.1, 0.15) is 12.8 Å². The molecule has 0 saturated carbocycles. The van der Waals surface area contributed by atoms with Crippen LogP contribution in [0.25, 0.3) is 11.1 Å². The molecule has 0 aromatic heterocycles. The molecule has 0 unspecified atom stereocenters. The van der Waals surface area contributed by atoms with Crippen molar-refractivity contribution in [3.8, 4) is 11.1 Å². The molecular formula is C22H27BrN2O2. The number of carbonyl (C=O) groups excluding carboxylic acids is 1. The number of hydrogen-bond acceptors (Lipinski definition) is 2. The Morgan fingerprint density at radius 3 is 2.52 bits per heavy atom. The van der Waals surface area contributed by atoms with E-state index < -0.39 is 6.09 Å². The van der Waals surface area contributed by atoms with E-state index in [-0.39, 0.29) is 23.1 Å². The molecule has 0 radical (unpaired) electrons. The van der Waals surface area contributed by atoms with E-state index >= 15 is 0 Å². The van der Waals surface area contributed by atoms with Gasteiger partial charge in [-0.25, -0.2) is 4.79 Å². The fraction of sp³-hybridized carbons (Fsp3) is 0.318. The van der Waals surface area contributed by atoms with Crippen molar-refractivity contribution in [2.24, 2.45) is 0 Å².